The highest BCUT2D eigenvalue weighted by Gasteiger charge is 2.32. The summed E-state index contributed by atoms with van der Waals surface area (Å²) in [4.78, 5) is 26.9. The number of fused-ring (bicyclic) bond motifs is 3. The van der Waals surface area contributed by atoms with Gasteiger partial charge < -0.3 is 18.8 Å². The van der Waals surface area contributed by atoms with Crippen molar-refractivity contribution >= 4 is 17.6 Å². The zero-order valence-corrected chi connectivity index (χ0v) is 22.8. The van der Waals surface area contributed by atoms with E-state index in [2.05, 4.69) is 13.8 Å². The van der Waals surface area contributed by atoms with Crippen LogP contribution in [-0.4, -0.2) is 35.0 Å². The van der Waals surface area contributed by atoms with E-state index in [1.54, 1.807) is 12.3 Å². The number of ether oxygens (including phenoxy) is 3. The Balaban J connectivity index is 1.79. The fourth-order valence-electron chi connectivity index (χ4n) is 5.01. The monoisotopic (exact) mass is 515 g/mol. The molecule has 2 aliphatic heterocycles. The summed E-state index contributed by atoms with van der Waals surface area (Å²) in [6.07, 6.45) is 5.78. The average molecular weight is 516 g/mol. The number of benzene rings is 1. The third-order valence-corrected chi connectivity index (χ3v) is 7.15. The van der Waals surface area contributed by atoms with E-state index in [1.807, 2.05) is 39.0 Å². The summed E-state index contributed by atoms with van der Waals surface area (Å²) in [6.45, 7) is 10.8. The van der Waals surface area contributed by atoms with Crippen LogP contribution < -0.4 is 5.56 Å². The molecular formula is C29H38ClNO5. The lowest BCUT2D eigenvalue weighted by atomic mass is 9.89. The molecule has 3 heterocycles. The smallest absolute Gasteiger partial charge is 0.329 e. The molecule has 3 atom stereocenters. The number of rotatable bonds is 5. The molecule has 1 aromatic heterocycles. The number of pyridine rings is 1. The van der Waals surface area contributed by atoms with Crippen LogP contribution in [-0.2, 0) is 32.0 Å². The maximum atomic E-state index is 13.6. The standard InChI is InChI=1S/C29H38ClNO5/c1-18(2)26-12-19-9-10-21(30)13-23(19)24-15-27(32)31(16-20(24)17-35-26)25(28(33)36-29(3,4)5)14-22-8-6-7-11-34-22/h9-10,13,15-16,18,22,25-26H,6-8,11-12,14,17H2,1-5H3/t22-,25?,26?/m0/s1. The zero-order chi connectivity index (χ0) is 26.0. The highest BCUT2D eigenvalue weighted by molar-refractivity contribution is 6.30. The van der Waals surface area contributed by atoms with Crippen LogP contribution in [0.2, 0.25) is 5.02 Å². The lowest BCUT2D eigenvalue weighted by Gasteiger charge is -2.31. The Hall–Kier alpha value is -2.15. The van der Waals surface area contributed by atoms with Crippen molar-refractivity contribution in [3.63, 3.8) is 0 Å². The third kappa shape index (κ3) is 6.39. The minimum absolute atomic E-state index is 0.0238. The van der Waals surface area contributed by atoms with E-state index in [1.165, 1.54) is 4.57 Å². The number of carbonyl (C=O) groups is 1. The van der Waals surface area contributed by atoms with E-state index in [9.17, 15) is 9.59 Å². The lowest BCUT2D eigenvalue weighted by Crippen LogP contribution is -2.38. The molecule has 1 saturated heterocycles. The van der Waals surface area contributed by atoms with Gasteiger partial charge in [0.2, 0.25) is 0 Å². The normalized spacial score (nSPS) is 21.2. The summed E-state index contributed by atoms with van der Waals surface area (Å²) in [5, 5.41) is 0.618. The molecule has 2 aromatic rings. The maximum Gasteiger partial charge on any atom is 0.329 e. The average Bonchev–Trinajstić information content (AvgIpc) is 2.80. The van der Waals surface area contributed by atoms with Gasteiger partial charge in [-0.3, -0.25) is 4.79 Å². The topological polar surface area (TPSA) is 66.8 Å². The van der Waals surface area contributed by atoms with Crippen molar-refractivity contribution in [3.05, 3.63) is 57.0 Å². The maximum absolute atomic E-state index is 13.6. The molecule has 7 heteroatoms. The van der Waals surface area contributed by atoms with Gasteiger partial charge in [0, 0.05) is 35.9 Å². The molecule has 1 fully saturated rings. The SMILES string of the molecule is CC(C)C1Cc2ccc(Cl)cc2-c2cc(=O)n(C(C[C@@H]3CCCCO3)C(=O)OC(C)(C)C)cc2CO1. The molecule has 4 rings (SSSR count). The van der Waals surface area contributed by atoms with E-state index in [4.69, 9.17) is 25.8 Å². The van der Waals surface area contributed by atoms with Crippen LogP contribution in [0.5, 0.6) is 0 Å². The second-order valence-corrected chi connectivity index (χ2v) is 11.8. The van der Waals surface area contributed by atoms with Gasteiger partial charge in [-0.15, -0.1) is 0 Å². The number of nitrogens with zero attached hydrogens (tertiary/aromatic N) is 1. The van der Waals surface area contributed by atoms with E-state index < -0.39 is 17.6 Å². The Morgan fingerprint density at radius 2 is 1.89 bits per heavy atom. The number of carbonyl (C=O) groups excluding carboxylic acids is 1. The van der Waals surface area contributed by atoms with E-state index in [-0.39, 0.29) is 17.8 Å². The summed E-state index contributed by atoms with van der Waals surface area (Å²) in [5.74, 6) is -0.104. The summed E-state index contributed by atoms with van der Waals surface area (Å²) in [7, 11) is 0. The Morgan fingerprint density at radius 1 is 1.14 bits per heavy atom. The van der Waals surface area contributed by atoms with Gasteiger partial charge in [-0.2, -0.15) is 0 Å². The van der Waals surface area contributed by atoms with Crippen molar-refractivity contribution in [2.24, 2.45) is 5.92 Å². The number of hydrogen-bond acceptors (Lipinski definition) is 5. The highest BCUT2D eigenvalue weighted by atomic mass is 35.5. The predicted molar refractivity (Wildman–Crippen MR) is 141 cm³/mol. The fraction of sp³-hybridized carbons (Fsp3) is 0.586. The minimum atomic E-state index is -0.782. The Morgan fingerprint density at radius 3 is 2.56 bits per heavy atom. The molecule has 0 aliphatic carbocycles. The molecule has 0 N–H and O–H groups in total. The van der Waals surface area contributed by atoms with E-state index >= 15 is 0 Å². The third-order valence-electron chi connectivity index (χ3n) is 6.92. The summed E-state index contributed by atoms with van der Waals surface area (Å²) in [5.41, 5.74) is 2.76. The van der Waals surface area contributed by atoms with Crippen molar-refractivity contribution in [2.45, 2.75) is 97.2 Å². The fourth-order valence-corrected chi connectivity index (χ4v) is 5.19. The van der Waals surface area contributed by atoms with Crippen LogP contribution in [0, 0.1) is 5.92 Å². The first kappa shape index (κ1) is 26.9. The van der Waals surface area contributed by atoms with Gasteiger partial charge >= 0.3 is 5.97 Å². The molecular weight excluding hydrogens is 478 g/mol. The molecule has 0 bridgehead atoms. The molecule has 196 valence electrons. The quantitative estimate of drug-likeness (QED) is 0.449. The van der Waals surface area contributed by atoms with Crippen LogP contribution >= 0.6 is 11.6 Å². The summed E-state index contributed by atoms with van der Waals surface area (Å²) >= 11 is 6.38. The zero-order valence-electron chi connectivity index (χ0n) is 22.0. The van der Waals surface area contributed by atoms with Crippen LogP contribution in [0.25, 0.3) is 11.1 Å². The second kappa shape index (κ2) is 11.1. The number of hydrogen-bond donors (Lipinski definition) is 0. The molecule has 0 amide bonds. The Labute approximate surface area is 218 Å². The molecule has 1 aromatic carbocycles. The van der Waals surface area contributed by atoms with Gasteiger partial charge in [-0.1, -0.05) is 31.5 Å². The highest BCUT2D eigenvalue weighted by Crippen LogP contribution is 2.35. The molecule has 0 saturated carbocycles. The van der Waals surface area contributed by atoms with Gasteiger partial charge in [0.1, 0.15) is 11.6 Å². The van der Waals surface area contributed by atoms with Crippen molar-refractivity contribution < 1.29 is 19.0 Å². The van der Waals surface area contributed by atoms with Gasteiger partial charge in [0.25, 0.3) is 5.56 Å². The first-order valence-corrected chi connectivity index (χ1v) is 13.4. The Kier molecular flexibility index (Phi) is 8.28. The molecule has 6 nitrogen and oxygen atoms in total. The van der Waals surface area contributed by atoms with Crippen molar-refractivity contribution in [1.82, 2.24) is 4.57 Å². The molecule has 2 aliphatic rings. The Bertz CT molecular complexity index is 1140. The number of halogens is 1. The van der Waals surface area contributed by atoms with Crippen molar-refractivity contribution in [3.8, 4) is 11.1 Å². The summed E-state index contributed by atoms with van der Waals surface area (Å²) < 4.78 is 19.5. The predicted octanol–water partition coefficient (Wildman–Crippen LogP) is 6.11. The van der Waals surface area contributed by atoms with Crippen molar-refractivity contribution in [2.75, 3.05) is 6.61 Å². The van der Waals surface area contributed by atoms with Gasteiger partial charge in [0.05, 0.1) is 18.8 Å². The molecule has 36 heavy (non-hydrogen) atoms. The minimum Gasteiger partial charge on any atom is -0.458 e. The van der Waals surface area contributed by atoms with Crippen LogP contribution in [0.1, 0.15) is 77.5 Å². The van der Waals surface area contributed by atoms with Crippen LogP contribution in [0.4, 0.5) is 0 Å². The van der Waals surface area contributed by atoms with Gasteiger partial charge in [0.15, 0.2) is 0 Å². The van der Waals surface area contributed by atoms with E-state index in [0.717, 1.165) is 47.9 Å². The molecule has 0 spiro atoms. The lowest BCUT2D eigenvalue weighted by molar-refractivity contribution is -0.160. The largest absolute Gasteiger partial charge is 0.458 e. The molecule has 0 radical (unpaired) electrons. The molecule has 2 unspecified atom stereocenters. The van der Waals surface area contributed by atoms with Crippen molar-refractivity contribution in [1.29, 1.82) is 0 Å². The van der Waals surface area contributed by atoms with Crippen LogP contribution in [0.3, 0.4) is 0 Å². The second-order valence-electron chi connectivity index (χ2n) is 11.3. The summed E-state index contributed by atoms with van der Waals surface area (Å²) in [6, 6.07) is 6.64. The number of esters is 1. The van der Waals surface area contributed by atoms with Gasteiger partial charge in [-0.25, -0.2) is 4.79 Å². The van der Waals surface area contributed by atoms with Crippen LogP contribution in [0.15, 0.2) is 35.3 Å². The van der Waals surface area contributed by atoms with E-state index in [0.29, 0.717) is 30.6 Å². The number of aromatic nitrogens is 1. The first-order valence-electron chi connectivity index (χ1n) is 13.0. The van der Waals surface area contributed by atoms with Gasteiger partial charge in [-0.05, 0) is 81.2 Å². The first-order chi connectivity index (χ1) is 17.0.